The lowest BCUT2D eigenvalue weighted by Crippen LogP contribution is -2.15. The molecule has 0 spiro atoms. The number of fused-ring (bicyclic) bond motifs is 1. The van der Waals surface area contributed by atoms with Crippen LogP contribution in [-0.2, 0) is 6.61 Å². The molecule has 3 aromatic heterocycles. The lowest BCUT2D eigenvalue weighted by molar-refractivity contribution is 0.301. The monoisotopic (exact) mass is 354 g/mol. The summed E-state index contributed by atoms with van der Waals surface area (Å²) in [4.78, 5) is 21.5. The van der Waals surface area contributed by atoms with Crippen molar-refractivity contribution in [2.75, 3.05) is 0 Å². The van der Waals surface area contributed by atoms with Gasteiger partial charge >= 0.3 is 0 Å². The predicted molar refractivity (Wildman–Crippen MR) is 92.9 cm³/mol. The van der Waals surface area contributed by atoms with E-state index in [4.69, 9.17) is 9.26 Å². The van der Waals surface area contributed by atoms with Crippen LogP contribution in [0.4, 0.5) is 0 Å². The zero-order chi connectivity index (χ0) is 17.4. The third-order valence-electron chi connectivity index (χ3n) is 3.66. The van der Waals surface area contributed by atoms with E-state index in [-0.39, 0.29) is 12.2 Å². The quantitative estimate of drug-likeness (QED) is 0.560. The third-order valence-corrected chi connectivity index (χ3v) is 4.60. The first-order valence-corrected chi connectivity index (χ1v) is 8.48. The highest BCUT2D eigenvalue weighted by molar-refractivity contribution is 7.15. The fraction of sp³-hybridized carbons (Fsp3) is 0.176. The molecule has 4 rings (SSSR count). The van der Waals surface area contributed by atoms with E-state index >= 15 is 0 Å². The number of ether oxygens (including phenoxy) is 1. The minimum absolute atomic E-state index is 0.0924. The normalized spacial score (nSPS) is 11.1. The molecule has 0 saturated heterocycles. The molecule has 0 aliphatic rings. The average molecular weight is 354 g/mol. The summed E-state index contributed by atoms with van der Waals surface area (Å²) in [5.74, 6) is 1.73. The number of hydrogen-bond acceptors (Lipinski definition) is 7. The van der Waals surface area contributed by atoms with E-state index in [1.54, 1.807) is 11.3 Å². The van der Waals surface area contributed by atoms with Crippen molar-refractivity contribution in [1.82, 2.24) is 19.5 Å². The van der Waals surface area contributed by atoms with Gasteiger partial charge in [0, 0.05) is 29.6 Å². The summed E-state index contributed by atoms with van der Waals surface area (Å²) in [6, 6.07) is 8.86. The number of aryl methyl sites for hydroxylation is 2. The van der Waals surface area contributed by atoms with Crippen molar-refractivity contribution in [3.8, 4) is 17.1 Å². The Morgan fingerprint density at radius 2 is 2.00 bits per heavy atom. The molecule has 0 aliphatic heterocycles. The summed E-state index contributed by atoms with van der Waals surface area (Å²) < 4.78 is 12.3. The molecule has 0 aliphatic carbocycles. The average Bonchev–Trinajstić information content (AvgIpc) is 3.20. The Morgan fingerprint density at radius 3 is 2.72 bits per heavy atom. The zero-order valence-electron chi connectivity index (χ0n) is 13.6. The number of thiazole rings is 1. The smallest absolute Gasteiger partial charge is 0.259 e. The minimum atomic E-state index is -0.0924. The van der Waals surface area contributed by atoms with Crippen LogP contribution in [0.2, 0.25) is 0 Å². The van der Waals surface area contributed by atoms with Crippen molar-refractivity contribution in [2.24, 2.45) is 0 Å². The Bertz CT molecular complexity index is 1100. The van der Waals surface area contributed by atoms with E-state index in [1.807, 2.05) is 36.6 Å². The van der Waals surface area contributed by atoms with Gasteiger partial charge in [-0.3, -0.25) is 9.20 Å². The Labute approximate surface area is 146 Å². The lowest BCUT2D eigenvalue weighted by atomic mass is 10.2. The van der Waals surface area contributed by atoms with Crippen LogP contribution in [0.3, 0.4) is 0 Å². The maximum atomic E-state index is 12.1. The summed E-state index contributed by atoms with van der Waals surface area (Å²) in [7, 11) is 0. The molecule has 4 aromatic rings. The van der Waals surface area contributed by atoms with E-state index < -0.39 is 0 Å². The highest BCUT2D eigenvalue weighted by Crippen LogP contribution is 2.20. The number of rotatable bonds is 4. The number of nitrogens with zero attached hydrogens (tertiary/aromatic N) is 4. The Morgan fingerprint density at radius 1 is 1.20 bits per heavy atom. The summed E-state index contributed by atoms with van der Waals surface area (Å²) in [5.41, 5.74) is 2.24. The Hall–Kier alpha value is -3.00. The number of aromatic nitrogens is 4. The summed E-state index contributed by atoms with van der Waals surface area (Å²) in [6.45, 7) is 3.86. The SMILES string of the molecule is Cc1nc(-c2ccc(OCc3cc(=O)n4c(C)csc4n3)cc2)no1. The molecule has 3 heterocycles. The third kappa shape index (κ3) is 3.03. The molecule has 126 valence electrons. The van der Waals surface area contributed by atoms with Crippen LogP contribution in [0.5, 0.6) is 5.75 Å². The number of hydrogen-bond donors (Lipinski definition) is 0. The molecule has 0 fully saturated rings. The summed E-state index contributed by atoms with van der Waals surface area (Å²) >= 11 is 1.44. The Balaban J connectivity index is 1.50. The molecular formula is C17H14N4O3S. The molecule has 0 atom stereocenters. The summed E-state index contributed by atoms with van der Waals surface area (Å²) in [6.07, 6.45) is 0. The van der Waals surface area contributed by atoms with Crippen LogP contribution in [0.25, 0.3) is 16.3 Å². The second kappa shape index (κ2) is 6.14. The fourth-order valence-corrected chi connectivity index (χ4v) is 3.34. The van der Waals surface area contributed by atoms with Gasteiger partial charge < -0.3 is 9.26 Å². The predicted octanol–water partition coefficient (Wildman–Crippen LogP) is 3.00. The molecule has 1 aromatic carbocycles. The second-order valence-electron chi connectivity index (χ2n) is 5.53. The van der Waals surface area contributed by atoms with E-state index in [0.717, 1.165) is 11.3 Å². The van der Waals surface area contributed by atoms with Crippen LogP contribution in [0.15, 0.2) is 45.0 Å². The van der Waals surface area contributed by atoms with Gasteiger partial charge in [0.2, 0.25) is 11.7 Å². The molecule has 0 bridgehead atoms. The van der Waals surface area contributed by atoms with Crippen LogP contribution in [0.1, 0.15) is 17.3 Å². The summed E-state index contributed by atoms with van der Waals surface area (Å²) in [5, 5.41) is 5.79. The van der Waals surface area contributed by atoms with Gasteiger partial charge in [-0.2, -0.15) is 4.98 Å². The first-order chi connectivity index (χ1) is 12.1. The topological polar surface area (TPSA) is 82.5 Å². The van der Waals surface area contributed by atoms with Crippen LogP contribution in [-0.4, -0.2) is 19.5 Å². The Kier molecular flexibility index (Phi) is 3.81. The van der Waals surface area contributed by atoms with Gasteiger partial charge in [0.1, 0.15) is 12.4 Å². The largest absolute Gasteiger partial charge is 0.487 e. The molecule has 0 unspecified atom stereocenters. The fourth-order valence-electron chi connectivity index (χ4n) is 2.45. The van der Waals surface area contributed by atoms with E-state index in [0.29, 0.717) is 28.1 Å². The van der Waals surface area contributed by atoms with Crippen molar-refractivity contribution in [3.05, 3.63) is 63.3 Å². The van der Waals surface area contributed by atoms with E-state index in [9.17, 15) is 4.79 Å². The molecule has 7 nitrogen and oxygen atoms in total. The van der Waals surface area contributed by atoms with Gasteiger partial charge in [-0.1, -0.05) is 5.16 Å². The van der Waals surface area contributed by atoms with Gasteiger partial charge in [0.25, 0.3) is 5.56 Å². The lowest BCUT2D eigenvalue weighted by Gasteiger charge is -2.06. The van der Waals surface area contributed by atoms with Crippen molar-refractivity contribution < 1.29 is 9.26 Å². The first-order valence-electron chi connectivity index (χ1n) is 7.60. The van der Waals surface area contributed by atoms with Gasteiger partial charge in [0.05, 0.1) is 5.69 Å². The van der Waals surface area contributed by atoms with E-state index in [1.165, 1.54) is 17.4 Å². The molecule has 25 heavy (non-hydrogen) atoms. The number of benzene rings is 1. The van der Waals surface area contributed by atoms with Crippen LogP contribution < -0.4 is 10.3 Å². The van der Waals surface area contributed by atoms with Gasteiger partial charge in [0.15, 0.2) is 4.96 Å². The second-order valence-corrected chi connectivity index (χ2v) is 6.37. The molecule has 0 N–H and O–H groups in total. The van der Waals surface area contributed by atoms with Gasteiger partial charge in [-0.25, -0.2) is 4.98 Å². The van der Waals surface area contributed by atoms with Crippen LogP contribution in [0, 0.1) is 13.8 Å². The molecular weight excluding hydrogens is 340 g/mol. The maximum absolute atomic E-state index is 12.1. The van der Waals surface area contributed by atoms with Gasteiger partial charge in [-0.05, 0) is 31.2 Å². The molecule has 0 saturated carbocycles. The molecule has 0 radical (unpaired) electrons. The maximum Gasteiger partial charge on any atom is 0.259 e. The minimum Gasteiger partial charge on any atom is -0.487 e. The molecule has 8 heteroatoms. The van der Waals surface area contributed by atoms with Crippen molar-refractivity contribution in [1.29, 1.82) is 0 Å². The zero-order valence-corrected chi connectivity index (χ0v) is 14.4. The standard InChI is InChI=1S/C17H14N4O3S/c1-10-9-25-17-19-13(7-15(22)21(10)17)8-23-14-5-3-12(4-6-14)16-18-11(2)24-20-16/h3-7,9H,8H2,1-2H3. The first kappa shape index (κ1) is 15.5. The van der Waals surface area contributed by atoms with Gasteiger partial charge in [-0.15, -0.1) is 11.3 Å². The van der Waals surface area contributed by atoms with Crippen molar-refractivity contribution in [3.63, 3.8) is 0 Å². The van der Waals surface area contributed by atoms with Crippen molar-refractivity contribution in [2.45, 2.75) is 20.5 Å². The van der Waals surface area contributed by atoms with E-state index in [2.05, 4.69) is 15.1 Å². The van der Waals surface area contributed by atoms with Crippen molar-refractivity contribution >= 4 is 16.3 Å². The molecule has 0 amide bonds. The highest BCUT2D eigenvalue weighted by atomic mass is 32.1. The highest BCUT2D eigenvalue weighted by Gasteiger charge is 2.08. The van der Waals surface area contributed by atoms with Crippen LogP contribution >= 0.6 is 11.3 Å².